The number of rotatable bonds is 2. The van der Waals surface area contributed by atoms with Gasteiger partial charge in [0, 0.05) is 10.4 Å². The van der Waals surface area contributed by atoms with Gasteiger partial charge in [0.05, 0.1) is 11.3 Å². The second-order valence-corrected chi connectivity index (χ2v) is 6.55. The quantitative estimate of drug-likeness (QED) is 0.710. The molecular formula is C17H14F2N2S. The van der Waals surface area contributed by atoms with E-state index in [0.29, 0.717) is 21.8 Å². The Bertz CT molecular complexity index is 791. The third kappa shape index (κ3) is 2.67. The van der Waals surface area contributed by atoms with E-state index in [0.717, 1.165) is 48.3 Å². The molecule has 1 fully saturated rings. The minimum absolute atomic E-state index is 0.535. The van der Waals surface area contributed by atoms with Gasteiger partial charge in [-0.05, 0) is 56.4 Å². The first kappa shape index (κ1) is 14.9. The number of hydrogen-bond acceptors (Lipinski definition) is 3. The summed E-state index contributed by atoms with van der Waals surface area (Å²) in [7, 11) is 0. The van der Waals surface area contributed by atoms with Crippen LogP contribution in [0.25, 0.3) is 16.8 Å². The van der Waals surface area contributed by atoms with Gasteiger partial charge in [0.25, 0.3) is 0 Å². The van der Waals surface area contributed by atoms with Crippen LogP contribution in [0.1, 0.15) is 35.6 Å². The first-order valence-electron chi connectivity index (χ1n) is 7.15. The molecule has 0 N–H and O–H groups in total. The number of nitriles is 1. The van der Waals surface area contributed by atoms with E-state index in [1.165, 1.54) is 17.4 Å². The van der Waals surface area contributed by atoms with E-state index in [1.54, 1.807) is 0 Å². The molecule has 0 spiro atoms. The monoisotopic (exact) mass is 316 g/mol. The number of allylic oxidation sites excluding steroid dienone is 2. The summed E-state index contributed by atoms with van der Waals surface area (Å²) >= 11 is 1.43. The topological polar surface area (TPSA) is 36.7 Å². The Morgan fingerprint density at radius 1 is 1.23 bits per heavy atom. The van der Waals surface area contributed by atoms with Crippen molar-refractivity contribution in [3.63, 3.8) is 0 Å². The van der Waals surface area contributed by atoms with E-state index in [2.05, 4.69) is 11.1 Å². The Morgan fingerprint density at radius 3 is 2.59 bits per heavy atom. The molecule has 1 saturated carbocycles. The second kappa shape index (κ2) is 5.98. The zero-order valence-electron chi connectivity index (χ0n) is 12.1. The third-order valence-corrected chi connectivity index (χ3v) is 4.86. The fourth-order valence-corrected chi connectivity index (χ4v) is 3.72. The van der Waals surface area contributed by atoms with Crippen molar-refractivity contribution in [2.75, 3.05) is 0 Å². The molecule has 1 aliphatic rings. The summed E-state index contributed by atoms with van der Waals surface area (Å²) in [6, 6.07) is 6.03. The number of aromatic nitrogens is 1. The van der Waals surface area contributed by atoms with E-state index in [4.69, 9.17) is 0 Å². The first-order chi connectivity index (χ1) is 10.6. The molecule has 112 valence electrons. The Hall–Kier alpha value is -2.06. The lowest BCUT2D eigenvalue weighted by Crippen LogP contribution is -1.89. The molecule has 0 atom stereocenters. The van der Waals surface area contributed by atoms with E-state index < -0.39 is 11.6 Å². The van der Waals surface area contributed by atoms with Crippen molar-refractivity contribution in [1.82, 2.24) is 4.98 Å². The van der Waals surface area contributed by atoms with Crippen LogP contribution in [0.5, 0.6) is 0 Å². The summed E-state index contributed by atoms with van der Waals surface area (Å²) in [4.78, 5) is 5.41. The predicted octanol–water partition coefficient (Wildman–Crippen LogP) is 5.25. The molecule has 1 heterocycles. The lowest BCUT2D eigenvalue weighted by Gasteiger charge is -2.00. The SMILES string of the molecule is Cc1sc(C(C#N)=C2CCCC2)nc1-c1ccc(F)c(F)c1. The van der Waals surface area contributed by atoms with Crippen molar-refractivity contribution < 1.29 is 8.78 Å². The molecule has 0 saturated heterocycles. The average Bonchev–Trinajstić information content (AvgIpc) is 3.13. The summed E-state index contributed by atoms with van der Waals surface area (Å²) in [5.41, 5.74) is 2.96. The largest absolute Gasteiger partial charge is 0.235 e. The fraction of sp³-hybridized carbons (Fsp3) is 0.294. The number of nitrogens with zero attached hydrogens (tertiary/aromatic N) is 2. The van der Waals surface area contributed by atoms with Crippen LogP contribution in [-0.2, 0) is 0 Å². The summed E-state index contributed by atoms with van der Waals surface area (Å²) in [6.45, 7) is 1.88. The van der Waals surface area contributed by atoms with Crippen molar-refractivity contribution >= 4 is 16.9 Å². The van der Waals surface area contributed by atoms with Crippen molar-refractivity contribution in [3.05, 3.63) is 45.3 Å². The van der Waals surface area contributed by atoms with Crippen molar-refractivity contribution in [3.8, 4) is 17.3 Å². The molecule has 5 heteroatoms. The van der Waals surface area contributed by atoms with E-state index in [-0.39, 0.29) is 0 Å². The van der Waals surface area contributed by atoms with Gasteiger partial charge in [-0.2, -0.15) is 5.26 Å². The normalized spacial score (nSPS) is 14.2. The molecule has 2 nitrogen and oxygen atoms in total. The van der Waals surface area contributed by atoms with Gasteiger partial charge in [0.1, 0.15) is 11.1 Å². The summed E-state index contributed by atoms with van der Waals surface area (Å²) in [5, 5.41) is 10.1. The zero-order valence-corrected chi connectivity index (χ0v) is 12.9. The molecule has 0 unspecified atom stereocenters. The zero-order chi connectivity index (χ0) is 15.7. The van der Waals surface area contributed by atoms with Crippen LogP contribution in [0, 0.1) is 29.9 Å². The van der Waals surface area contributed by atoms with Gasteiger partial charge in [-0.3, -0.25) is 0 Å². The van der Waals surface area contributed by atoms with Crippen molar-refractivity contribution in [2.45, 2.75) is 32.6 Å². The van der Waals surface area contributed by atoms with Gasteiger partial charge in [-0.1, -0.05) is 0 Å². The molecule has 1 aliphatic carbocycles. The van der Waals surface area contributed by atoms with Crippen LogP contribution in [0.3, 0.4) is 0 Å². The Morgan fingerprint density at radius 2 is 1.95 bits per heavy atom. The van der Waals surface area contributed by atoms with Gasteiger partial charge < -0.3 is 0 Å². The van der Waals surface area contributed by atoms with Gasteiger partial charge in [0.15, 0.2) is 11.6 Å². The Kier molecular flexibility index (Phi) is 4.04. The average molecular weight is 316 g/mol. The molecular weight excluding hydrogens is 302 g/mol. The maximum atomic E-state index is 13.4. The van der Waals surface area contributed by atoms with Crippen LogP contribution in [0.2, 0.25) is 0 Å². The number of thiazole rings is 1. The highest BCUT2D eigenvalue weighted by molar-refractivity contribution is 7.13. The van der Waals surface area contributed by atoms with E-state index in [9.17, 15) is 14.0 Å². The number of aryl methyl sites for hydroxylation is 1. The second-order valence-electron chi connectivity index (χ2n) is 5.35. The number of halogens is 2. The fourth-order valence-electron chi connectivity index (χ4n) is 2.74. The summed E-state index contributed by atoms with van der Waals surface area (Å²) in [5.74, 6) is -1.76. The minimum Gasteiger partial charge on any atom is -0.235 e. The van der Waals surface area contributed by atoms with Crippen molar-refractivity contribution in [2.24, 2.45) is 0 Å². The smallest absolute Gasteiger partial charge is 0.159 e. The highest BCUT2D eigenvalue weighted by Gasteiger charge is 2.19. The lowest BCUT2D eigenvalue weighted by molar-refractivity contribution is 0.509. The highest BCUT2D eigenvalue weighted by atomic mass is 32.1. The molecule has 1 aromatic heterocycles. The number of benzene rings is 1. The first-order valence-corrected chi connectivity index (χ1v) is 7.97. The molecule has 0 bridgehead atoms. The summed E-state index contributed by atoms with van der Waals surface area (Å²) in [6.07, 6.45) is 4.12. The van der Waals surface area contributed by atoms with Gasteiger partial charge in [-0.25, -0.2) is 13.8 Å². The van der Waals surface area contributed by atoms with Crippen LogP contribution in [0.15, 0.2) is 23.8 Å². The van der Waals surface area contributed by atoms with Gasteiger partial charge >= 0.3 is 0 Å². The van der Waals surface area contributed by atoms with Crippen LogP contribution >= 0.6 is 11.3 Å². The van der Waals surface area contributed by atoms with Crippen LogP contribution < -0.4 is 0 Å². The molecule has 3 rings (SSSR count). The standard InChI is InChI=1S/C17H14F2N2S/c1-10-16(12-6-7-14(18)15(19)8-12)21-17(22-10)13(9-20)11-4-2-3-5-11/h6-8H,2-5H2,1H3. The van der Waals surface area contributed by atoms with E-state index in [1.807, 2.05) is 6.92 Å². The minimum atomic E-state index is -0.888. The lowest BCUT2D eigenvalue weighted by atomic mass is 10.1. The van der Waals surface area contributed by atoms with Gasteiger partial charge in [-0.15, -0.1) is 11.3 Å². The molecule has 22 heavy (non-hydrogen) atoms. The molecule has 0 radical (unpaired) electrons. The maximum Gasteiger partial charge on any atom is 0.159 e. The molecule has 0 aliphatic heterocycles. The maximum absolute atomic E-state index is 13.4. The van der Waals surface area contributed by atoms with Crippen molar-refractivity contribution in [1.29, 1.82) is 5.26 Å². The van der Waals surface area contributed by atoms with Crippen LogP contribution in [0.4, 0.5) is 8.78 Å². The van der Waals surface area contributed by atoms with Crippen LogP contribution in [-0.4, -0.2) is 4.98 Å². The van der Waals surface area contributed by atoms with Gasteiger partial charge in [0.2, 0.25) is 0 Å². The third-order valence-electron chi connectivity index (χ3n) is 3.88. The molecule has 1 aromatic carbocycles. The summed E-state index contributed by atoms with van der Waals surface area (Å²) < 4.78 is 26.5. The predicted molar refractivity (Wildman–Crippen MR) is 83.2 cm³/mol. The molecule has 0 amide bonds. The van der Waals surface area contributed by atoms with E-state index >= 15 is 0 Å². The molecule has 2 aromatic rings. The Balaban J connectivity index is 2.06. The Labute approximate surface area is 131 Å². The highest BCUT2D eigenvalue weighted by Crippen LogP contribution is 2.36. The number of hydrogen-bond donors (Lipinski definition) is 0.